The van der Waals surface area contributed by atoms with E-state index >= 15 is 0 Å². The van der Waals surface area contributed by atoms with Crippen LogP contribution in [0.4, 0.5) is 0 Å². The van der Waals surface area contributed by atoms with Gasteiger partial charge in [0, 0.05) is 17.9 Å². The van der Waals surface area contributed by atoms with Crippen molar-refractivity contribution in [3.63, 3.8) is 0 Å². The Labute approximate surface area is 105 Å². The highest BCUT2D eigenvalue weighted by Gasteiger charge is 2.15. The maximum atomic E-state index is 3.62. The maximum Gasteiger partial charge on any atom is 0.00718 e. The lowest BCUT2D eigenvalue weighted by molar-refractivity contribution is 0.199. The van der Waals surface area contributed by atoms with Gasteiger partial charge in [-0.15, -0.1) is 0 Å². The zero-order chi connectivity index (χ0) is 11.8. The van der Waals surface area contributed by atoms with Crippen molar-refractivity contribution in [3.8, 4) is 0 Å². The summed E-state index contributed by atoms with van der Waals surface area (Å²) in [5, 5.41) is 1.14. The van der Waals surface area contributed by atoms with Crippen molar-refractivity contribution in [2.75, 3.05) is 18.9 Å². The standard InChI is InChI=1S/C13H28BrN/c1-6-7-13(9-14)10-15(5)12(4)8-11(2)3/h11-13H,6-10H2,1-5H3. The maximum absolute atomic E-state index is 3.62. The van der Waals surface area contributed by atoms with Gasteiger partial charge >= 0.3 is 0 Å². The van der Waals surface area contributed by atoms with Crippen LogP contribution in [0.5, 0.6) is 0 Å². The van der Waals surface area contributed by atoms with Gasteiger partial charge in [-0.05, 0) is 38.6 Å². The lowest BCUT2D eigenvalue weighted by Crippen LogP contribution is -2.35. The van der Waals surface area contributed by atoms with E-state index in [1.807, 2.05) is 0 Å². The van der Waals surface area contributed by atoms with E-state index in [-0.39, 0.29) is 0 Å². The van der Waals surface area contributed by atoms with E-state index in [4.69, 9.17) is 0 Å². The summed E-state index contributed by atoms with van der Waals surface area (Å²) in [7, 11) is 2.26. The van der Waals surface area contributed by atoms with Crippen LogP contribution in [-0.2, 0) is 0 Å². The lowest BCUT2D eigenvalue weighted by atomic mass is 10.0. The Kier molecular flexibility index (Phi) is 8.83. The Balaban J connectivity index is 3.91. The number of alkyl halides is 1. The molecule has 15 heavy (non-hydrogen) atoms. The first-order chi connectivity index (χ1) is 7.01. The summed E-state index contributed by atoms with van der Waals surface area (Å²) in [6, 6.07) is 0.711. The summed E-state index contributed by atoms with van der Waals surface area (Å²) >= 11 is 3.62. The molecule has 0 radical (unpaired) electrons. The molecule has 0 bridgehead atoms. The molecule has 0 N–H and O–H groups in total. The van der Waals surface area contributed by atoms with E-state index in [0.717, 1.165) is 17.2 Å². The smallest absolute Gasteiger partial charge is 0.00718 e. The van der Waals surface area contributed by atoms with Gasteiger partial charge in [-0.2, -0.15) is 0 Å². The third-order valence-corrected chi connectivity index (χ3v) is 3.94. The second-order valence-corrected chi connectivity index (χ2v) is 5.87. The van der Waals surface area contributed by atoms with Crippen LogP contribution in [0, 0.1) is 11.8 Å². The summed E-state index contributed by atoms with van der Waals surface area (Å²) < 4.78 is 0. The van der Waals surface area contributed by atoms with Gasteiger partial charge in [0.15, 0.2) is 0 Å². The molecule has 0 aromatic rings. The molecule has 0 saturated carbocycles. The lowest BCUT2D eigenvalue weighted by Gasteiger charge is -2.29. The van der Waals surface area contributed by atoms with Crippen LogP contribution in [0.15, 0.2) is 0 Å². The van der Waals surface area contributed by atoms with Gasteiger partial charge in [0.1, 0.15) is 0 Å². The number of nitrogens with zero attached hydrogens (tertiary/aromatic N) is 1. The fraction of sp³-hybridized carbons (Fsp3) is 1.00. The van der Waals surface area contributed by atoms with Gasteiger partial charge in [-0.1, -0.05) is 43.1 Å². The molecule has 1 nitrogen and oxygen atoms in total. The van der Waals surface area contributed by atoms with E-state index in [0.29, 0.717) is 6.04 Å². The first-order valence-corrected chi connectivity index (χ1v) is 7.39. The molecular formula is C13H28BrN. The van der Waals surface area contributed by atoms with Crippen LogP contribution in [0.1, 0.15) is 47.0 Å². The molecule has 0 amide bonds. The predicted molar refractivity (Wildman–Crippen MR) is 73.7 cm³/mol. The first kappa shape index (κ1) is 15.4. The molecule has 0 spiro atoms. The van der Waals surface area contributed by atoms with Crippen molar-refractivity contribution in [2.24, 2.45) is 11.8 Å². The number of rotatable bonds is 8. The van der Waals surface area contributed by atoms with Gasteiger partial charge in [-0.25, -0.2) is 0 Å². The minimum Gasteiger partial charge on any atom is -0.303 e. The highest BCUT2D eigenvalue weighted by molar-refractivity contribution is 9.09. The number of hydrogen-bond donors (Lipinski definition) is 0. The molecular weight excluding hydrogens is 250 g/mol. The minimum atomic E-state index is 0.711. The fourth-order valence-electron chi connectivity index (χ4n) is 2.07. The van der Waals surface area contributed by atoms with E-state index in [2.05, 4.69) is 55.6 Å². The summed E-state index contributed by atoms with van der Waals surface area (Å²) in [4.78, 5) is 2.52. The summed E-state index contributed by atoms with van der Waals surface area (Å²) in [5.41, 5.74) is 0. The molecule has 0 aliphatic heterocycles. The molecule has 0 rings (SSSR count). The Bertz CT molecular complexity index is 147. The van der Waals surface area contributed by atoms with Crippen molar-refractivity contribution in [3.05, 3.63) is 0 Å². The largest absolute Gasteiger partial charge is 0.303 e. The van der Waals surface area contributed by atoms with Gasteiger partial charge in [-0.3, -0.25) is 0 Å². The van der Waals surface area contributed by atoms with E-state index < -0.39 is 0 Å². The van der Waals surface area contributed by atoms with Crippen molar-refractivity contribution >= 4 is 15.9 Å². The molecule has 0 saturated heterocycles. The molecule has 0 fully saturated rings. The van der Waals surface area contributed by atoms with Crippen molar-refractivity contribution in [1.82, 2.24) is 4.90 Å². The van der Waals surface area contributed by atoms with Crippen LogP contribution in [0.3, 0.4) is 0 Å². The van der Waals surface area contributed by atoms with Gasteiger partial charge in [0.05, 0.1) is 0 Å². The zero-order valence-electron chi connectivity index (χ0n) is 11.1. The summed E-state index contributed by atoms with van der Waals surface area (Å²) in [6.07, 6.45) is 3.93. The van der Waals surface area contributed by atoms with Gasteiger partial charge in [0.2, 0.25) is 0 Å². The average Bonchev–Trinajstić information content (AvgIpc) is 2.15. The van der Waals surface area contributed by atoms with Crippen molar-refractivity contribution in [2.45, 2.75) is 53.0 Å². The third-order valence-electron chi connectivity index (χ3n) is 3.03. The second kappa shape index (κ2) is 8.58. The van der Waals surface area contributed by atoms with Crippen LogP contribution in [0.25, 0.3) is 0 Å². The summed E-state index contributed by atoms with van der Waals surface area (Å²) in [6.45, 7) is 10.5. The highest BCUT2D eigenvalue weighted by atomic mass is 79.9. The normalized spacial score (nSPS) is 16.0. The van der Waals surface area contributed by atoms with E-state index in [9.17, 15) is 0 Å². The quantitative estimate of drug-likeness (QED) is 0.602. The average molecular weight is 278 g/mol. The predicted octanol–water partition coefficient (Wildman–Crippen LogP) is 4.16. The fourth-order valence-corrected chi connectivity index (χ4v) is 2.60. The SMILES string of the molecule is CCCC(CBr)CN(C)C(C)CC(C)C. The van der Waals surface area contributed by atoms with Crippen LogP contribution < -0.4 is 0 Å². The topological polar surface area (TPSA) is 3.24 Å². The Hall–Kier alpha value is 0.440. The molecule has 0 aliphatic rings. The molecule has 92 valence electrons. The number of hydrogen-bond acceptors (Lipinski definition) is 1. The Morgan fingerprint density at radius 3 is 2.20 bits per heavy atom. The van der Waals surface area contributed by atoms with Crippen molar-refractivity contribution < 1.29 is 0 Å². The molecule has 2 heteroatoms. The molecule has 2 unspecified atom stereocenters. The zero-order valence-corrected chi connectivity index (χ0v) is 12.7. The van der Waals surface area contributed by atoms with Crippen LogP contribution >= 0.6 is 15.9 Å². The Morgan fingerprint density at radius 1 is 1.20 bits per heavy atom. The van der Waals surface area contributed by atoms with E-state index in [1.165, 1.54) is 25.8 Å². The number of halogens is 1. The Morgan fingerprint density at radius 2 is 1.80 bits per heavy atom. The second-order valence-electron chi connectivity index (χ2n) is 5.23. The molecule has 0 aliphatic carbocycles. The summed E-state index contributed by atoms with van der Waals surface area (Å²) in [5.74, 6) is 1.62. The molecule has 0 aromatic carbocycles. The van der Waals surface area contributed by atoms with Gasteiger partial charge < -0.3 is 4.90 Å². The van der Waals surface area contributed by atoms with E-state index in [1.54, 1.807) is 0 Å². The third kappa shape index (κ3) is 7.35. The molecule has 2 atom stereocenters. The van der Waals surface area contributed by atoms with Gasteiger partial charge in [0.25, 0.3) is 0 Å². The molecule has 0 aromatic heterocycles. The highest BCUT2D eigenvalue weighted by Crippen LogP contribution is 2.15. The monoisotopic (exact) mass is 277 g/mol. The van der Waals surface area contributed by atoms with Crippen LogP contribution in [0.2, 0.25) is 0 Å². The minimum absolute atomic E-state index is 0.711. The van der Waals surface area contributed by atoms with Crippen molar-refractivity contribution in [1.29, 1.82) is 0 Å². The molecule has 0 heterocycles. The van der Waals surface area contributed by atoms with Crippen LogP contribution in [-0.4, -0.2) is 29.9 Å². The first-order valence-electron chi connectivity index (χ1n) is 6.27.